The lowest BCUT2D eigenvalue weighted by Crippen LogP contribution is -2.33. The predicted molar refractivity (Wildman–Crippen MR) is 91.5 cm³/mol. The molecule has 0 bridgehead atoms. The molecule has 0 radical (unpaired) electrons. The molecule has 2 N–H and O–H groups in total. The summed E-state index contributed by atoms with van der Waals surface area (Å²) in [5, 5.41) is 5.95. The number of amides is 2. The Bertz CT molecular complexity index is 710. The SMILES string of the molecule is CC(=O)N/C(=C/c1ccc(Cl)cc1)C(=O)NCc1ccccc1. The number of nitrogens with one attached hydrogen (secondary N) is 2. The van der Waals surface area contributed by atoms with Gasteiger partial charge in [0.2, 0.25) is 5.91 Å². The van der Waals surface area contributed by atoms with Gasteiger partial charge in [-0.1, -0.05) is 54.1 Å². The van der Waals surface area contributed by atoms with E-state index in [-0.39, 0.29) is 17.5 Å². The van der Waals surface area contributed by atoms with E-state index in [2.05, 4.69) is 10.6 Å². The Morgan fingerprint density at radius 3 is 2.30 bits per heavy atom. The van der Waals surface area contributed by atoms with Crippen LogP contribution >= 0.6 is 11.6 Å². The van der Waals surface area contributed by atoms with Crippen LogP contribution in [-0.2, 0) is 16.1 Å². The zero-order valence-corrected chi connectivity index (χ0v) is 13.4. The van der Waals surface area contributed by atoms with Gasteiger partial charge in [0.25, 0.3) is 5.91 Å². The van der Waals surface area contributed by atoms with Crippen LogP contribution in [0, 0.1) is 0 Å². The summed E-state index contributed by atoms with van der Waals surface area (Å²) in [6.07, 6.45) is 1.61. The number of carbonyl (C=O) groups excluding carboxylic acids is 2. The lowest BCUT2D eigenvalue weighted by Gasteiger charge is -2.10. The normalized spacial score (nSPS) is 11.0. The van der Waals surface area contributed by atoms with Gasteiger partial charge in [-0.25, -0.2) is 0 Å². The van der Waals surface area contributed by atoms with Crippen molar-refractivity contribution in [1.82, 2.24) is 10.6 Å². The van der Waals surface area contributed by atoms with Gasteiger partial charge in [0.1, 0.15) is 5.70 Å². The summed E-state index contributed by atoms with van der Waals surface area (Å²) in [4.78, 5) is 23.6. The number of carbonyl (C=O) groups is 2. The van der Waals surface area contributed by atoms with E-state index in [1.54, 1.807) is 30.3 Å². The maximum absolute atomic E-state index is 12.3. The van der Waals surface area contributed by atoms with Crippen molar-refractivity contribution in [3.63, 3.8) is 0 Å². The van der Waals surface area contributed by atoms with Crippen LogP contribution in [-0.4, -0.2) is 11.8 Å². The monoisotopic (exact) mass is 328 g/mol. The third kappa shape index (κ3) is 5.60. The van der Waals surface area contributed by atoms with Crippen LogP contribution in [0.4, 0.5) is 0 Å². The van der Waals surface area contributed by atoms with E-state index in [0.29, 0.717) is 11.6 Å². The lowest BCUT2D eigenvalue weighted by atomic mass is 10.2. The topological polar surface area (TPSA) is 58.2 Å². The number of hydrogen-bond acceptors (Lipinski definition) is 2. The Labute approximate surface area is 140 Å². The summed E-state index contributed by atoms with van der Waals surface area (Å²) in [5.74, 6) is -0.654. The Kier molecular flexibility index (Phi) is 5.94. The fraction of sp³-hybridized carbons (Fsp3) is 0.111. The number of hydrogen-bond donors (Lipinski definition) is 2. The maximum Gasteiger partial charge on any atom is 0.268 e. The minimum absolute atomic E-state index is 0.191. The summed E-state index contributed by atoms with van der Waals surface area (Å²) in [5.41, 5.74) is 1.94. The van der Waals surface area contributed by atoms with Crippen molar-refractivity contribution in [1.29, 1.82) is 0 Å². The van der Waals surface area contributed by atoms with E-state index >= 15 is 0 Å². The molecule has 2 aromatic rings. The van der Waals surface area contributed by atoms with Crippen molar-refractivity contribution in [3.8, 4) is 0 Å². The van der Waals surface area contributed by atoms with Crippen LogP contribution in [0.5, 0.6) is 0 Å². The summed E-state index contributed by atoms with van der Waals surface area (Å²) in [6.45, 7) is 1.75. The Hall–Kier alpha value is -2.59. The first-order valence-electron chi connectivity index (χ1n) is 7.11. The first-order valence-corrected chi connectivity index (χ1v) is 7.49. The number of benzene rings is 2. The lowest BCUT2D eigenvalue weighted by molar-refractivity contribution is -0.122. The first kappa shape index (κ1) is 16.8. The second kappa shape index (κ2) is 8.15. The highest BCUT2D eigenvalue weighted by molar-refractivity contribution is 6.30. The molecule has 0 fully saturated rings. The van der Waals surface area contributed by atoms with Crippen LogP contribution in [0.25, 0.3) is 6.08 Å². The van der Waals surface area contributed by atoms with Crippen LogP contribution in [0.3, 0.4) is 0 Å². The molecule has 4 nitrogen and oxygen atoms in total. The smallest absolute Gasteiger partial charge is 0.268 e. The van der Waals surface area contributed by atoms with Gasteiger partial charge >= 0.3 is 0 Å². The van der Waals surface area contributed by atoms with Gasteiger partial charge in [-0.3, -0.25) is 9.59 Å². The molecule has 118 valence electrons. The first-order chi connectivity index (χ1) is 11.0. The molecule has 0 aliphatic carbocycles. The van der Waals surface area contributed by atoms with Crippen molar-refractivity contribution >= 4 is 29.5 Å². The fourth-order valence-corrected chi connectivity index (χ4v) is 2.07. The molecule has 0 unspecified atom stereocenters. The molecule has 0 saturated heterocycles. The second-order valence-corrected chi connectivity index (χ2v) is 5.40. The van der Waals surface area contributed by atoms with Gasteiger partial charge in [0.15, 0.2) is 0 Å². The zero-order chi connectivity index (χ0) is 16.7. The van der Waals surface area contributed by atoms with Crippen molar-refractivity contribution in [2.75, 3.05) is 0 Å². The second-order valence-electron chi connectivity index (χ2n) is 4.96. The molecule has 0 atom stereocenters. The highest BCUT2D eigenvalue weighted by Gasteiger charge is 2.11. The van der Waals surface area contributed by atoms with E-state index in [9.17, 15) is 9.59 Å². The van der Waals surface area contributed by atoms with Crippen molar-refractivity contribution in [2.45, 2.75) is 13.5 Å². The average Bonchev–Trinajstić information content (AvgIpc) is 2.54. The molecule has 0 spiro atoms. The highest BCUT2D eigenvalue weighted by Crippen LogP contribution is 2.12. The number of halogens is 1. The molecule has 0 aromatic heterocycles. The van der Waals surface area contributed by atoms with Crippen molar-refractivity contribution in [2.24, 2.45) is 0 Å². The summed E-state index contributed by atoms with van der Waals surface area (Å²) < 4.78 is 0. The van der Waals surface area contributed by atoms with E-state index in [1.807, 2.05) is 30.3 Å². The molecule has 2 amide bonds. The minimum atomic E-state index is -0.348. The zero-order valence-electron chi connectivity index (χ0n) is 12.7. The average molecular weight is 329 g/mol. The molecule has 2 aromatic carbocycles. The van der Waals surface area contributed by atoms with Gasteiger partial charge in [0, 0.05) is 18.5 Å². The molecular formula is C18H17ClN2O2. The highest BCUT2D eigenvalue weighted by atomic mass is 35.5. The quantitative estimate of drug-likeness (QED) is 0.828. The van der Waals surface area contributed by atoms with E-state index in [4.69, 9.17) is 11.6 Å². The molecule has 0 heterocycles. The molecule has 5 heteroatoms. The molecular weight excluding hydrogens is 312 g/mol. The molecule has 0 aliphatic heterocycles. The van der Waals surface area contributed by atoms with Crippen LogP contribution in [0.2, 0.25) is 5.02 Å². The van der Waals surface area contributed by atoms with Gasteiger partial charge < -0.3 is 10.6 Å². The molecule has 0 saturated carbocycles. The van der Waals surface area contributed by atoms with Gasteiger partial charge in [0.05, 0.1) is 0 Å². The standard InChI is InChI=1S/C18H17ClN2O2/c1-13(22)21-17(11-14-7-9-16(19)10-8-14)18(23)20-12-15-5-3-2-4-6-15/h2-11H,12H2,1H3,(H,20,23)(H,21,22)/b17-11+. The largest absolute Gasteiger partial charge is 0.347 e. The summed E-state index contributed by atoms with van der Waals surface area (Å²) >= 11 is 5.84. The predicted octanol–water partition coefficient (Wildman–Crippen LogP) is 3.13. The molecule has 2 rings (SSSR count). The Balaban J connectivity index is 2.12. The Morgan fingerprint density at radius 1 is 1.04 bits per heavy atom. The van der Waals surface area contributed by atoms with Gasteiger partial charge in [-0.05, 0) is 29.3 Å². The van der Waals surface area contributed by atoms with Crippen LogP contribution < -0.4 is 10.6 Å². The van der Waals surface area contributed by atoms with Crippen LogP contribution in [0.15, 0.2) is 60.3 Å². The van der Waals surface area contributed by atoms with Gasteiger partial charge in [-0.15, -0.1) is 0 Å². The van der Waals surface area contributed by atoms with E-state index < -0.39 is 0 Å². The van der Waals surface area contributed by atoms with Gasteiger partial charge in [-0.2, -0.15) is 0 Å². The van der Waals surface area contributed by atoms with E-state index in [1.165, 1.54) is 6.92 Å². The van der Waals surface area contributed by atoms with E-state index in [0.717, 1.165) is 11.1 Å². The molecule has 0 aliphatic rings. The summed E-state index contributed by atoms with van der Waals surface area (Å²) in [6, 6.07) is 16.5. The fourth-order valence-electron chi connectivity index (χ4n) is 1.95. The minimum Gasteiger partial charge on any atom is -0.347 e. The Morgan fingerprint density at radius 2 is 1.70 bits per heavy atom. The number of rotatable bonds is 5. The molecule has 23 heavy (non-hydrogen) atoms. The van der Waals surface area contributed by atoms with Crippen LogP contribution in [0.1, 0.15) is 18.1 Å². The third-order valence-electron chi connectivity index (χ3n) is 3.03. The van der Waals surface area contributed by atoms with Crippen molar-refractivity contribution in [3.05, 3.63) is 76.4 Å². The maximum atomic E-state index is 12.3. The summed E-state index contributed by atoms with van der Waals surface area (Å²) in [7, 11) is 0. The third-order valence-corrected chi connectivity index (χ3v) is 3.28. The van der Waals surface area contributed by atoms with Crippen molar-refractivity contribution < 1.29 is 9.59 Å².